The van der Waals surface area contributed by atoms with Gasteiger partial charge in [0.1, 0.15) is 0 Å². The minimum absolute atomic E-state index is 0.339. The van der Waals surface area contributed by atoms with Gasteiger partial charge in [-0.25, -0.2) is 4.99 Å². The van der Waals surface area contributed by atoms with Crippen molar-refractivity contribution in [2.24, 2.45) is 4.99 Å². The number of guanidine groups is 1. The number of nitrogens with one attached hydrogen (secondary N) is 2. The number of nitrogens with zero attached hydrogens (tertiary/aromatic N) is 1. The zero-order chi connectivity index (χ0) is 20.0. The van der Waals surface area contributed by atoms with Crippen LogP contribution in [0.1, 0.15) is 70.4 Å². The number of hydrogen-bond acceptors (Lipinski definition) is 3. The second-order valence-corrected chi connectivity index (χ2v) is 7.68. The smallest absolute Gasteiger partial charge is 0.191 e. The van der Waals surface area contributed by atoms with Crippen LogP contribution in [0.15, 0.2) is 29.3 Å². The van der Waals surface area contributed by atoms with Crippen molar-refractivity contribution >= 4 is 5.96 Å². The van der Waals surface area contributed by atoms with E-state index < -0.39 is 0 Å². The van der Waals surface area contributed by atoms with Crippen molar-refractivity contribution in [1.29, 1.82) is 0 Å². The van der Waals surface area contributed by atoms with E-state index in [-0.39, 0.29) is 0 Å². The Kier molecular flexibility index (Phi) is 11.0. The van der Waals surface area contributed by atoms with Crippen molar-refractivity contribution in [1.82, 2.24) is 10.6 Å². The summed E-state index contributed by atoms with van der Waals surface area (Å²) in [4.78, 5) is 4.75. The van der Waals surface area contributed by atoms with Crippen LogP contribution >= 0.6 is 0 Å². The maximum Gasteiger partial charge on any atom is 0.191 e. The predicted octanol–water partition coefficient (Wildman–Crippen LogP) is 4.41. The van der Waals surface area contributed by atoms with E-state index in [2.05, 4.69) is 55.7 Å². The molecule has 0 spiro atoms. The van der Waals surface area contributed by atoms with Gasteiger partial charge in [-0.3, -0.25) is 0 Å². The number of ether oxygens (including phenoxy) is 2. The minimum Gasteiger partial charge on any atom is -0.381 e. The first-order valence-electron chi connectivity index (χ1n) is 11.0. The van der Waals surface area contributed by atoms with Crippen LogP contribution in [0.2, 0.25) is 0 Å². The van der Waals surface area contributed by atoms with Crippen molar-refractivity contribution in [2.45, 2.75) is 84.6 Å². The van der Waals surface area contributed by atoms with Crippen LogP contribution in [-0.4, -0.2) is 37.9 Å². The SMILES string of the molecule is CCCCCC(C)NC(=NCc1ccc(COC2CCOCC2)cc1)NCC. The molecule has 1 aromatic rings. The molecule has 158 valence electrons. The van der Waals surface area contributed by atoms with E-state index in [1.807, 2.05) is 0 Å². The molecule has 0 aliphatic carbocycles. The zero-order valence-electron chi connectivity index (χ0n) is 18.0. The lowest BCUT2D eigenvalue weighted by molar-refractivity contribution is -0.0390. The van der Waals surface area contributed by atoms with Gasteiger partial charge in [-0.2, -0.15) is 0 Å². The number of rotatable bonds is 11. The number of hydrogen-bond donors (Lipinski definition) is 2. The molecule has 1 unspecified atom stereocenters. The molecule has 2 N–H and O–H groups in total. The molecule has 0 amide bonds. The molecule has 1 aliphatic heterocycles. The Morgan fingerprint density at radius 2 is 1.86 bits per heavy atom. The van der Waals surface area contributed by atoms with Crippen molar-refractivity contribution < 1.29 is 9.47 Å². The van der Waals surface area contributed by atoms with Gasteiger partial charge in [0.25, 0.3) is 0 Å². The molecule has 1 fully saturated rings. The highest BCUT2D eigenvalue weighted by Gasteiger charge is 2.13. The zero-order valence-corrected chi connectivity index (χ0v) is 18.0. The number of benzene rings is 1. The molecule has 5 nitrogen and oxygen atoms in total. The number of aliphatic imine (C=N–C) groups is 1. The van der Waals surface area contributed by atoms with E-state index >= 15 is 0 Å². The van der Waals surface area contributed by atoms with E-state index in [4.69, 9.17) is 14.5 Å². The summed E-state index contributed by atoms with van der Waals surface area (Å²) in [5.41, 5.74) is 2.43. The topological polar surface area (TPSA) is 54.9 Å². The predicted molar refractivity (Wildman–Crippen MR) is 117 cm³/mol. The third kappa shape index (κ3) is 9.07. The van der Waals surface area contributed by atoms with E-state index in [1.54, 1.807) is 0 Å². The van der Waals surface area contributed by atoms with Crippen LogP contribution in [0, 0.1) is 0 Å². The normalized spacial score (nSPS) is 16.8. The van der Waals surface area contributed by atoms with E-state index in [1.165, 1.54) is 36.8 Å². The average Bonchev–Trinajstić information content (AvgIpc) is 2.72. The van der Waals surface area contributed by atoms with Crippen LogP contribution in [0.5, 0.6) is 0 Å². The standard InChI is InChI=1S/C23H39N3O2/c1-4-6-7-8-19(3)26-23(24-5-2)25-17-20-9-11-21(12-10-20)18-28-22-13-15-27-16-14-22/h9-12,19,22H,4-8,13-18H2,1-3H3,(H2,24,25,26). The Bertz CT molecular complexity index is 553. The van der Waals surface area contributed by atoms with Crippen LogP contribution in [0.4, 0.5) is 0 Å². The van der Waals surface area contributed by atoms with Crippen molar-refractivity contribution in [3.8, 4) is 0 Å². The molecule has 0 aromatic heterocycles. The van der Waals surface area contributed by atoms with Crippen LogP contribution in [0.25, 0.3) is 0 Å². The van der Waals surface area contributed by atoms with E-state index in [0.29, 0.717) is 25.3 Å². The van der Waals surface area contributed by atoms with E-state index in [9.17, 15) is 0 Å². The third-order valence-electron chi connectivity index (χ3n) is 5.06. The fourth-order valence-electron chi connectivity index (χ4n) is 3.29. The fraction of sp³-hybridized carbons (Fsp3) is 0.696. The fourth-order valence-corrected chi connectivity index (χ4v) is 3.29. The van der Waals surface area contributed by atoms with Gasteiger partial charge in [0.05, 0.1) is 19.3 Å². The highest BCUT2D eigenvalue weighted by molar-refractivity contribution is 5.80. The maximum atomic E-state index is 6.00. The minimum atomic E-state index is 0.339. The highest BCUT2D eigenvalue weighted by atomic mass is 16.5. The Hall–Kier alpha value is -1.59. The first kappa shape index (κ1) is 22.7. The Balaban J connectivity index is 1.79. The largest absolute Gasteiger partial charge is 0.381 e. The molecule has 0 bridgehead atoms. The second-order valence-electron chi connectivity index (χ2n) is 7.68. The summed E-state index contributed by atoms with van der Waals surface area (Å²) in [6.07, 6.45) is 7.35. The van der Waals surface area contributed by atoms with Crippen molar-refractivity contribution in [3.05, 3.63) is 35.4 Å². The third-order valence-corrected chi connectivity index (χ3v) is 5.06. The monoisotopic (exact) mass is 389 g/mol. The first-order chi connectivity index (χ1) is 13.7. The van der Waals surface area contributed by atoms with Gasteiger partial charge in [-0.15, -0.1) is 0 Å². The second kappa shape index (κ2) is 13.6. The van der Waals surface area contributed by atoms with Gasteiger partial charge in [0.2, 0.25) is 0 Å². The van der Waals surface area contributed by atoms with Gasteiger partial charge in [-0.05, 0) is 44.2 Å². The molecule has 0 radical (unpaired) electrons. The first-order valence-corrected chi connectivity index (χ1v) is 11.0. The van der Waals surface area contributed by atoms with Crippen LogP contribution in [0.3, 0.4) is 0 Å². The quantitative estimate of drug-likeness (QED) is 0.334. The summed E-state index contributed by atoms with van der Waals surface area (Å²) in [5.74, 6) is 0.901. The molecular weight excluding hydrogens is 350 g/mol. The lowest BCUT2D eigenvalue weighted by Crippen LogP contribution is -2.42. The Morgan fingerprint density at radius 3 is 2.54 bits per heavy atom. The van der Waals surface area contributed by atoms with Gasteiger partial charge >= 0.3 is 0 Å². The molecule has 1 aliphatic rings. The molecule has 1 atom stereocenters. The van der Waals surface area contributed by atoms with Gasteiger partial charge in [0, 0.05) is 25.8 Å². The summed E-state index contributed by atoms with van der Waals surface area (Å²) in [6, 6.07) is 9.05. The molecule has 0 saturated carbocycles. The maximum absolute atomic E-state index is 6.00. The molecule has 1 saturated heterocycles. The Morgan fingerprint density at radius 1 is 1.14 bits per heavy atom. The molecule has 28 heavy (non-hydrogen) atoms. The Labute approximate surface area is 171 Å². The van der Waals surface area contributed by atoms with Gasteiger partial charge in [0.15, 0.2) is 5.96 Å². The summed E-state index contributed by atoms with van der Waals surface area (Å²) in [5, 5.41) is 6.87. The van der Waals surface area contributed by atoms with E-state index in [0.717, 1.165) is 38.6 Å². The summed E-state index contributed by atoms with van der Waals surface area (Å²) in [7, 11) is 0. The molecular formula is C23H39N3O2. The van der Waals surface area contributed by atoms with Crippen molar-refractivity contribution in [3.63, 3.8) is 0 Å². The molecule has 5 heteroatoms. The summed E-state index contributed by atoms with van der Waals surface area (Å²) < 4.78 is 11.4. The lowest BCUT2D eigenvalue weighted by Gasteiger charge is -2.22. The molecule has 1 aromatic carbocycles. The van der Waals surface area contributed by atoms with Crippen molar-refractivity contribution in [2.75, 3.05) is 19.8 Å². The molecule has 1 heterocycles. The molecule has 2 rings (SSSR count). The van der Waals surface area contributed by atoms with Gasteiger partial charge < -0.3 is 20.1 Å². The van der Waals surface area contributed by atoms with Gasteiger partial charge in [-0.1, -0.05) is 50.5 Å². The highest BCUT2D eigenvalue weighted by Crippen LogP contribution is 2.14. The average molecular weight is 390 g/mol. The number of unbranched alkanes of at least 4 members (excludes halogenated alkanes) is 2. The summed E-state index contributed by atoms with van der Waals surface area (Å²) >= 11 is 0. The lowest BCUT2D eigenvalue weighted by atomic mass is 10.1. The van der Waals surface area contributed by atoms with Crippen LogP contribution in [-0.2, 0) is 22.6 Å². The summed E-state index contributed by atoms with van der Waals surface area (Å²) in [6.45, 7) is 10.4. The van der Waals surface area contributed by atoms with Crippen LogP contribution < -0.4 is 10.6 Å².